The van der Waals surface area contributed by atoms with Crippen LogP contribution in [0.3, 0.4) is 0 Å². The van der Waals surface area contributed by atoms with Crippen molar-refractivity contribution in [3.8, 4) is 0 Å². The predicted molar refractivity (Wildman–Crippen MR) is 130 cm³/mol. The first-order chi connectivity index (χ1) is 16.5. The highest BCUT2D eigenvalue weighted by Gasteiger charge is 2.25. The smallest absolute Gasteiger partial charge is 0.274 e. The lowest BCUT2D eigenvalue weighted by molar-refractivity contribution is -0.132. The number of hydrogen-bond donors (Lipinski definition) is 0. The van der Waals surface area contributed by atoms with E-state index in [-0.39, 0.29) is 18.3 Å². The third kappa shape index (κ3) is 5.77. The van der Waals surface area contributed by atoms with E-state index in [4.69, 9.17) is 11.6 Å². The van der Waals surface area contributed by atoms with Crippen molar-refractivity contribution in [1.82, 2.24) is 14.9 Å². The molecule has 7 nitrogen and oxygen atoms in total. The lowest BCUT2D eigenvalue weighted by atomic mass is 10.2. The molecule has 0 saturated carbocycles. The number of carbonyl (C=O) groups is 2. The number of amides is 2. The van der Waals surface area contributed by atoms with Crippen molar-refractivity contribution in [2.75, 3.05) is 37.6 Å². The molecule has 174 valence electrons. The zero-order valence-corrected chi connectivity index (χ0v) is 19.1. The van der Waals surface area contributed by atoms with Gasteiger partial charge in [0.05, 0.1) is 6.21 Å². The molecule has 3 aromatic rings. The molecule has 0 spiro atoms. The van der Waals surface area contributed by atoms with E-state index in [9.17, 15) is 14.0 Å². The van der Waals surface area contributed by atoms with Crippen LogP contribution in [-0.2, 0) is 4.79 Å². The van der Waals surface area contributed by atoms with E-state index in [1.165, 1.54) is 30.7 Å². The Bertz CT molecular complexity index is 1170. The Kier molecular flexibility index (Phi) is 7.49. The number of hydrazone groups is 1. The third-order valence-corrected chi connectivity index (χ3v) is 5.86. The molecule has 0 aliphatic carbocycles. The van der Waals surface area contributed by atoms with E-state index in [0.29, 0.717) is 42.3 Å². The lowest BCUT2D eigenvalue weighted by Crippen LogP contribution is -2.51. The number of piperazine rings is 1. The van der Waals surface area contributed by atoms with Crippen LogP contribution in [0.4, 0.5) is 10.1 Å². The van der Waals surface area contributed by atoms with Crippen LogP contribution in [0.2, 0.25) is 5.02 Å². The normalized spacial score (nSPS) is 13.8. The highest BCUT2D eigenvalue weighted by atomic mass is 35.5. The molecule has 9 heteroatoms. The Morgan fingerprint density at radius 1 is 1.00 bits per heavy atom. The lowest BCUT2D eigenvalue weighted by Gasteiger charge is -2.36. The van der Waals surface area contributed by atoms with Gasteiger partial charge in [-0.2, -0.15) is 5.10 Å². The van der Waals surface area contributed by atoms with Crippen molar-refractivity contribution in [2.45, 2.75) is 0 Å². The van der Waals surface area contributed by atoms with Crippen molar-refractivity contribution in [2.24, 2.45) is 5.10 Å². The first-order valence-corrected chi connectivity index (χ1v) is 11.2. The van der Waals surface area contributed by atoms with E-state index < -0.39 is 5.91 Å². The number of benzene rings is 2. The minimum atomic E-state index is -0.413. The Balaban J connectivity index is 1.45. The quantitative estimate of drug-likeness (QED) is 0.399. The van der Waals surface area contributed by atoms with E-state index in [1.54, 1.807) is 47.4 Å². The van der Waals surface area contributed by atoms with Crippen LogP contribution in [0.5, 0.6) is 0 Å². The maximum atomic E-state index is 13.2. The molecule has 1 aliphatic rings. The standard InChI is InChI=1S/C25H23ClFN5O2/c26-23-4-2-1-3-20(23)17-29-32(25(34)19-9-11-28-12-10-19)18-24(33)31-15-13-30(14-16-31)22-7-5-21(27)6-8-22/h1-12,17H,13-16,18H2/b29-17+. The molecule has 1 fully saturated rings. The monoisotopic (exact) mass is 479 g/mol. The van der Waals surface area contributed by atoms with E-state index in [0.717, 1.165) is 10.7 Å². The largest absolute Gasteiger partial charge is 0.368 e. The maximum Gasteiger partial charge on any atom is 0.274 e. The average Bonchev–Trinajstić information content (AvgIpc) is 2.88. The Morgan fingerprint density at radius 3 is 2.35 bits per heavy atom. The molecule has 0 radical (unpaired) electrons. The molecule has 1 aromatic heterocycles. The van der Waals surface area contributed by atoms with Crippen LogP contribution < -0.4 is 4.90 Å². The topological polar surface area (TPSA) is 69.1 Å². The summed E-state index contributed by atoms with van der Waals surface area (Å²) in [5.74, 6) is -0.907. The number of anilines is 1. The number of hydrogen-bond acceptors (Lipinski definition) is 5. The number of rotatable bonds is 6. The molecular formula is C25H23ClFN5O2. The van der Waals surface area contributed by atoms with Gasteiger partial charge in [-0.15, -0.1) is 0 Å². The van der Waals surface area contributed by atoms with Crippen LogP contribution in [0.25, 0.3) is 0 Å². The molecule has 1 saturated heterocycles. The minimum absolute atomic E-state index is 0.210. The SMILES string of the molecule is O=C(CN(/N=C/c1ccccc1Cl)C(=O)c1ccncc1)N1CCN(c2ccc(F)cc2)CC1. The number of nitrogens with zero attached hydrogens (tertiary/aromatic N) is 5. The number of aromatic nitrogens is 1. The Hall–Kier alpha value is -3.78. The molecule has 0 bridgehead atoms. The summed E-state index contributed by atoms with van der Waals surface area (Å²) in [6, 6.07) is 16.6. The minimum Gasteiger partial charge on any atom is -0.368 e. The maximum absolute atomic E-state index is 13.2. The summed E-state index contributed by atoms with van der Waals surface area (Å²) in [4.78, 5) is 33.9. The summed E-state index contributed by atoms with van der Waals surface area (Å²) in [6.07, 6.45) is 4.50. The molecule has 0 N–H and O–H groups in total. The fourth-order valence-corrected chi connectivity index (χ4v) is 3.80. The molecular weight excluding hydrogens is 457 g/mol. The first kappa shape index (κ1) is 23.4. The molecule has 0 unspecified atom stereocenters. The average molecular weight is 480 g/mol. The molecule has 4 rings (SSSR count). The third-order valence-electron chi connectivity index (χ3n) is 5.51. The zero-order chi connectivity index (χ0) is 23.9. The van der Waals surface area contributed by atoms with Gasteiger partial charge in [0.15, 0.2) is 0 Å². The van der Waals surface area contributed by atoms with Gasteiger partial charge in [-0.25, -0.2) is 9.40 Å². The highest BCUT2D eigenvalue weighted by Crippen LogP contribution is 2.18. The van der Waals surface area contributed by atoms with Gasteiger partial charge < -0.3 is 9.80 Å². The van der Waals surface area contributed by atoms with Crippen LogP contribution in [-0.4, -0.2) is 65.6 Å². The summed E-state index contributed by atoms with van der Waals surface area (Å²) in [6.45, 7) is 1.99. The van der Waals surface area contributed by atoms with Gasteiger partial charge >= 0.3 is 0 Å². The van der Waals surface area contributed by atoms with Crippen molar-refractivity contribution in [3.05, 3.63) is 95.0 Å². The summed E-state index contributed by atoms with van der Waals surface area (Å²) < 4.78 is 13.2. The van der Waals surface area contributed by atoms with Crippen molar-refractivity contribution in [1.29, 1.82) is 0 Å². The molecule has 0 atom stereocenters. The van der Waals surface area contributed by atoms with Crippen LogP contribution in [0.1, 0.15) is 15.9 Å². The van der Waals surface area contributed by atoms with E-state index >= 15 is 0 Å². The van der Waals surface area contributed by atoms with Crippen LogP contribution in [0, 0.1) is 5.82 Å². The Labute approximate surface area is 202 Å². The predicted octanol–water partition coefficient (Wildman–Crippen LogP) is 3.70. The number of carbonyl (C=O) groups excluding carboxylic acids is 2. The van der Waals surface area contributed by atoms with Gasteiger partial charge in [0, 0.05) is 60.4 Å². The van der Waals surface area contributed by atoms with Gasteiger partial charge in [-0.05, 0) is 42.5 Å². The summed E-state index contributed by atoms with van der Waals surface area (Å²) in [5.41, 5.74) is 1.92. The van der Waals surface area contributed by atoms with Gasteiger partial charge in [0.2, 0.25) is 5.91 Å². The second kappa shape index (κ2) is 10.9. The molecule has 34 heavy (non-hydrogen) atoms. The fourth-order valence-electron chi connectivity index (χ4n) is 3.61. The Morgan fingerprint density at radius 2 is 1.68 bits per heavy atom. The van der Waals surface area contributed by atoms with Gasteiger partial charge in [-0.1, -0.05) is 29.8 Å². The molecule has 2 heterocycles. The van der Waals surface area contributed by atoms with Gasteiger partial charge in [0.25, 0.3) is 5.91 Å². The highest BCUT2D eigenvalue weighted by molar-refractivity contribution is 6.33. The summed E-state index contributed by atoms with van der Waals surface area (Å²) >= 11 is 6.20. The van der Waals surface area contributed by atoms with Crippen molar-refractivity contribution in [3.63, 3.8) is 0 Å². The van der Waals surface area contributed by atoms with Gasteiger partial charge in [-0.3, -0.25) is 14.6 Å². The van der Waals surface area contributed by atoms with Crippen molar-refractivity contribution >= 4 is 35.3 Å². The van der Waals surface area contributed by atoms with Crippen LogP contribution >= 0.6 is 11.6 Å². The zero-order valence-electron chi connectivity index (χ0n) is 18.3. The second-order valence-electron chi connectivity index (χ2n) is 7.71. The fraction of sp³-hybridized carbons (Fsp3) is 0.200. The number of pyridine rings is 1. The second-order valence-corrected chi connectivity index (χ2v) is 8.12. The summed E-state index contributed by atoms with van der Waals surface area (Å²) in [5, 5.41) is 5.93. The van der Waals surface area contributed by atoms with Gasteiger partial charge in [0.1, 0.15) is 12.4 Å². The van der Waals surface area contributed by atoms with E-state index in [2.05, 4.69) is 15.0 Å². The van der Waals surface area contributed by atoms with Crippen molar-refractivity contribution < 1.29 is 14.0 Å². The van der Waals surface area contributed by atoms with Crippen LogP contribution in [0.15, 0.2) is 78.2 Å². The molecule has 1 aliphatic heterocycles. The number of halogens is 2. The van der Waals surface area contributed by atoms with E-state index in [1.807, 2.05) is 6.07 Å². The first-order valence-electron chi connectivity index (χ1n) is 10.8. The molecule has 2 aromatic carbocycles. The summed E-state index contributed by atoms with van der Waals surface area (Å²) in [7, 11) is 0. The molecule has 2 amide bonds.